The Balaban J connectivity index is 1.74. The van der Waals surface area contributed by atoms with Crippen LogP contribution >= 0.6 is 11.8 Å². The maximum atomic E-state index is 14.8. The fourth-order valence-corrected chi connectivity index (χ4v) is 7.73. The molecule has 0 aromatic heterocycles. The second-order valence-corrected chi connectivity index (χ2v) is 12.6. The highest BCUT2D eigenvalue weighted by molar-refractivity contribution is 7.99. The topological polar surface area (TPSA) is 106 Å². The minimum Gasteiger partial charge on any atom is -0.294 e. The molecule has 0 N–H and O–H groups in total. The van der Waals surface area contributed by atoms with Gasteiger partial charge in [-0.05, 0) is 70.8 Å². The first-order valence-corrected chi connectivity index (χ1v) is 14.9. The van der Waals surface area contributed by atoms with E-state index < -0.39 is 5.92 Å². The molecule has 6 rings (SSSR count). The van der Waals surface area contributed by atoms with Gasteiger partial charge in [0.1, 0.15) is 6.07 Å². The molecule has 6 heteroatoms. The lowest BCUT2D eigenvalue weighted by Gasteiger charge is -2.30. The van der Waals surface area contributed by atoms with Gasteiger partial charge in [-0.1, -0.05) is 57.7 Å². The number of Topliss-reactive ketones (excluding diaryl/α,β-unsaturated/α-hetero) is 2. The first kappa shape index (κ1) is 27.5. The van der Waals surface area contributed by atoms with Gasteiger partial charge in [-0.2, -0.15) is 15.8 Å². The zero-order valence-corrected chi connectivity index (χ0v) is 24.6. The summed E-state index contributed by atoms with van der Waals surface area (Å²) in [6.45, 7) is 8.46. The van der Waals surface area contributed by atoms with Crippen LogP contribution in [0.3, 0.4) is 0 Å². The number of benzene rings is 4. The van der Waals surface area contributed by atoms with Gasteiger partial charge in [-0.25, -0.2) is 0 Å². The van der Waals surface area contributed by atoms with Crippen molar-refractivity contribution in [3.63, 3.8) is 0 Å². The van der Waals surface area contributed by atoms with Crippen LogP contribution in [0.2, 0.25) is 0 Å². The van der Waals surface area contributed by atoms with E-state index in [0.717, 1.165) is 21.6 Å². The van der Waals surface area contributed by atoms with E-state index in [4.69, 9.17) is 0 Å². The summed E-state index contributed by atoms with van der Waals surface area (Å²) in [7, 11) is 0. The Bertz CT molecular complexity index is 1970. The number of ketones is 2. The third kappa shape index (κ3) is 4.05. The van der Waals surface area contributed by atoms with Gasteiger partial charge in [-0.3, -0.25) is 9.59 Å². The zero-order chi connectivity index (χ0) is 29.9. The molecule has 0 fully saturated rings. The Morgan fingerprint density at radius 2 is 1.45 bits per heavy atom. The van der Waals surface area contributed by atoms with Crippen molar-refractivity contribution < 1.29 is 9.59 Å². The molecular weight excluding hydrogens is 538 g/mol. The van der Waals surface area contributed by atoms with Gasteiger partial charge in [0.25, 0.3) is 0 Å². The Kier molecular flexibility index (Phi) is 6.73. The number of carbonyl (C=O) groups is 2. The molecule has 1 unspecified atom stereocenters. The Hall–Kier alpha value is -4.70. The first-order chi connectivity index (χ1) is 20.2. The van der Waals surface area contributed by atoms with Crippen LogP contribution < -0.4 is 0 Å². The highest BCUT2D eigenvalue weighted by Gasteiger charge is 2.36. The van der Waals surface area contributed by atoms with Crippen LogP contribution in [0.1, 0.15) is 112 Å². The predicted octanol–water partition coefficient (Wildman–Crippen LogP) is 8.78. The van der Waals surface area contributed by atoms with Crippen molar-refractivity contribution in [2.45, 2.75) is 68.1 Å². The molecule has 5 nitrogen and oxygen atoms in total. The van der Waals surface area contributed by atoms with E-state index in [2.05, 4.69) is 58.0 Å². The highest BCUT2D eigenvalue weighted by atomic mass is 32.2. The maximum Gasteiger partial charge on any atom is 0.171 e. The molecule has 1 aliphatic carbocycles. The van der Waals surface area contributed by atoms with E-state index in [9.17, 15) is 25.4 Å². The fourth-order valence-electron chi connectivity index (χ4n) is 6.59. The lowest BCUT2D eigenvalue weighted by Crippen LogP contribution is -2.23. The van der Waals surface area contributed by atoms with Gasteiger partial charge < -0.3 is 0 Å². The van der Waals surface area contributed by atoms with Crippen molar-refractivity contribution in [3.8, 4) is 29.3 Å². The SMILES string of the molecule is CC(C)c1cccc(C(C)C)c1C1CCC(=O)c2cc(C#N)c3c4c(c(C#N)cc(c24)C1=O)-c1cc(C#N)ccc1S3. The standard InChI is InChI=1S/C36H27N3O2S/c1-18(2)23-6-5-7-24(19(3)4)32(23)25-9-10-29(40)26-14-22(17-39)36-34-31(21(16-38)13-28(33(26)34)35(25)41)27-12-20(15-37)8-11-30(27)42-36/h5-8,11-14,18-19,25H,9-10H2,1-4H3. The lowest BCUT2D eigenvalue weighted by atomic mass is 9.73. The smallest absolute Gasteiger partial charge is 0.171 e. The monoisotopic (exact) mass is 565 g/mol. The number of nitriles is 3. The summed E-state index contributed by atoms with van der Waals surface area (Å²) in [4.78, 5) is 30.2. The minimum atomic E-state index is -0.550. The van der Waals surface area contributed by atoms with E-state index in [0.29, 0.717) is 55.5 Å². The van der Waals surface area contributed by atoms with E-state index in [1.807, 2.05) is 12.1 Å². The van der Waals surface area contributed by atoms with Crippen molar-refractivity contribution in [2.75, 3.05) is 0 Å². The quantitative estimate of drug-likeness (QED) is 0.216. The maximum absolute atomic E-state index is 14.8. The number of hydrogen-bond acceptors (Lipinski definition) is 6. The summed E-state index contributed by atoms with van der Waals surface area (Å²) in [5.74, 6) is -0.434. The molecule has 0 saturated carbocycles. The number of fused-ring (bicyclic) bond motifs is 2. The van der Waals surface area contributed by atoms with Crippen LogP contribution in [-0.2, 0) is 0 Å². The van der Waals surface area contributed by atoms with Crippen molar-refractivity contribution in [2.24, 2.45) is 0 Å². The zero-order valence-electron chi connectivity index (χ0n) is 23.8. The van der Waals surface area contributed by atoms with Gasteiger partial charge in [0, 0.05) is 49.6 Å². The molecule has 0 amide bonds. The molecule has 42 heavy (non-hydrogen) atoms. The molecule has 4 aromatic carbocycles. The Morgan fingerprint density at radius 1 is 0.786 bits per heavy atom. The van der Waals surface area contributed by atoms with E-state index in [1.54, 1.807) is 24.3 Å². The molecular formula is C36H27N3O2S. The number of hydrogen-bond donors (Lipinski definition) is 0. The van der Waals surface area contributed by atoms with Gasteiger partial charge in [0.05, 0.1) is 28.8 Å². The average Bonchev–Trinajstić information content (AvgIpc) is 2.99. The molecule has 1 aliphatic heterocycles. The van der Waals surface area contributed by atoms with E-state index in [1.165, 1.54) is 11.8 Å². The molecule has 204 valence electrons. The number of carbonyl (C=O) groups excluding carboxylic acids is 2. The van der Waals surface area contributed by atoms with Gasteiger partial charge >= 0.3 is 0 Å². The second kappa shape index (κ2) is 10.3. The predicted molar refractivity (Wildman–Crippen MR) is 163 cm³/mol. The van der Waals surface area contributed by atoms with Crippen LogP contribution in [-0.4, -0.2) is 11.6 Å². The molecule has 0 bridgehead atoms. The second-order valence-electron chi connectivity index (χ2n) is 11.6. The summed E-state index contributed by atoms with van der Waals surface area (Å²) in [6, 6.07) is 21.4. The molecule has 2 aliphatic rings. The van der Waals surface area contributed by atoms with Crippen LogP contribution in [0, 0.1) is 34.0 Å². The largest absolute Gasteiger partial charge is 0.294 e. The molecule has 1 heterocycles. The van der Waals surface area contributed by atoms with Crippen molar-refractivity contribution >= 4 is 34.1 Å². The van der Waals surface area contributed by atoms with E-state index >= 15 is 0 Å². The molecule has 0 radical (unpaired) electrons. The number of rotatable bonds is 3. The Labute approximate surface area is 249 Å². The fraction of sp³-hybridized carbons (Fsp3) is 0.250. The molecule has 1 atom stereocenters. The van der Waals surface area contributed by atoms with Gasteiger partial charge in [0.15, 0.2) is 11.6 Å². The molecule has 0 spiro atoms. The van der Waals surface area contributed by atoms with Gasteiger partial charge in [0.2, 0.25) is 0 Å². The summed E-state index contributed by atoms with van der Waals surface area (Å²) in [6.07, 6.45) is 0.509. The summed E-state index contributed by atoms with van der Waals surface area (Å²) >= 11 is 1.38. The van der Waals surface area contributed by atoms with Crippen molar-refractivity contribution in [1.82, 2.24) is 0 Å². The summed E-state index contributed by atoms with van der Waals surface area (Å²) < 4.78 is 0. The van der Waals surface area contributed by atoms with Gasteiger partial charge in [-0.15, -0.1) is 0 Å². The highest BCUT2D eigenvalue weighted by Crippen LogP contribution is 2.53. The lowest BCUT2D eigenvalue weighted by molar-refractivity contribution is 0.0932. The first-order valence-electron chi connectivity index (χ1n) is 14.1. The van der Waals surface area contributed by atoms with E-state index in [-0.39, 0.29) is 35.4 Å². The average molecular weight is 566 g/mol. The molecule has 0 saturated heterocycles. The normalized spacial score (nSPS) is 15.5. The third-order valence-corrected chi connectivity index (χ3v) is 9.70. The Morgan fingerprint density at radius 3 is 2.07 bits per heavy atom. The van der Waals surface area contributed by atoms with Crippen molar-refractivity contribution in [1.29, 1.82) is 15.8 Å². The van der Waals surface area contributed by atoms with Crippen LogP contribution in [0.15, 0.2) is 58.3 Å². The molecule has 4 aromatic rings. The third-order valence-electron chi connectivity index (χ3n) is 8.50. The number of nitrogens with zero attached hydrogens (tertiary/aromatic N) is 3. The minimum absolute atomic E-state index is 0.112. The van der Waals surface area contributed by atoms with Crippen LogP contribution in [0.25, 0.3) is 21.9 Å². The summed E-state index contributed by atoms with van der Waals surface area (Å²) in [5.41, 5.74) is 6.20. The van der Waals surface area contributed by atoms with Crippen molar-refractivity contribution in [3.05, 3.63) is 93.0 Å². The van der Waals surface area contributed by atoms with Crippen LogP contribution in [0.4, 0.5) is 0 Å². The van der Waals surface area contributed by atoms with Crippen LogP contribution in [0.5, 0.6) is 0 Å². The summed E-state index contributed by atoms with van der Waals surface area (Å²) in [5, 5.41) is 31.3.